The number of amides is 1. The van der Waals surface area contributed by atoms with Gasteiger partial charge in [-0.2, -0.15) is 0 Å². The third-order valence-electron chi connectivity index (χ3n) is 8.02. The third kappa shape index (κ3) is 4.33. The zero-order valence-electron chi connectivity index (χ0n) is 21.6. The van der Waals surface area contributed by atoms with Gasteiger partial charge in [-0.25, -0.2) is 4.79 Å². The molecule has 1 aliphatic carbocycles. The van der Waals surface area contributed by atoms with Gasteiger partial charge in [-0.3, -0.25) is 4.98 Å². The molecule has 5 heteroatoms. The molecule has 6 rings (SSSR count). The Balaban J connectivity index is 1.39. The molecule has 1 saturated heterocycles. The first-order valence-corrected chi connectivity index (χ1v) is 13.4. The van der Waals surface area contributed by atoms with E-state index in [4.69, 9.17) is 9.72 Å². The summed E-state index contributed by atoms with van der Waals surface area (Å²) in [6.07, 6.45) is 7.52. The number of ether oxygens (including phenoxy) is 1. The Labute approximate surface area is 218 Å². The van der Waals surface area contributed by atoms with E-state index in [2.05, 4.69) is 66.6 Å². The zero-order chi connectivity index (χ0) is 25.4. The van der Waals surface area contributed by atoms with Crippen LogP contribution >= 0.6 is 0 Å². The number of aromatic nitrogens is 2. The van der Waals surface area contributed by atoms with Gasteiger partial charge < -0.3 is 14.6 Å². The molecule has 37 heavy (non-hydrogen) atoms. The maximum Gasteiger partial charge on any atom is 0.409 e. The third-order valence-corrected chi connectivity index (χ3v) is 8.02. The van der Waals surface area contributed by atoms with Gasteiger partial charge in [0.2, 0.25) is 0 Å². The minimum Gasteiger partial charge on any atom is -0.450 e. The molecule has 0 unspecified atom stereocenters. The number of pyridine rings is 1. The number of hydrogen-bond donors (Lipinski definition) is 1. The van der Waals surface area contributed by atoms with Gasteiger partial charge in [0.05, 0.1) is 12.3 Å². The van der Waals surface area contributed by atoms with Gasteiger partial charge in [0, 0.05) is 47.9 Å². The van der Waals surface area contributed by atoms with E-state index in [1.165, 1.54) is 49.9 Å². The number of fused-ring (bicyclic) bond motifs is 3. The Hall–Kier alpha value is -3.86. The number of benzene rings is 2. The summed E-state index contributed by atoms with van der Waals surface area (Å²) in [5.41, 5.74) is 11.6. The number of rotatable bonds is 3. The van der Waals surface area contributed by atoms with Crippen molar-refractivity contribution in [1.29, 1.82) is 0 Å². The van der Waals surface area contributed by atoms with Gasteiger partial charge in [-0.1, -0.05) is 55.0 Å². The molecular weight excluding hydrogens is 458 g/mol. The van der Waals surface area contributed by atoms with Crippen molar-refractivity contribution in [2.45, 2.75) is 45.4 Å². The fourth-order valence-corrected chi connectivity index (χ4v) is 6.01. The minimum absolute atomic E-state index is 0.206. The van der Waals surface area contributed by atoms with Crippen molar-refractivity contribution in [2.24, 2.45) is 0 Å². The summed E-state index contributed by atoms with van der Waals surface area (Å²) in [5, 5.41) is 1.29. The number of aryl methyl sites for hydroxylation is 2. The second-order valence-corrected chi connectivity index (χ2v) is 10.1. The number of nitrogens with zero attached hydrogens (tertiary/aromatic N) is 2. The van der Waals surface area contributed by atoms with Crippen molar-refractivity contribution >= 4 is 22.6 Å². The molecule has 188 valence electrons. The number of H-pyrrole nitrogens is 1. The van der Waals surface area contributed by atoms with Crippen LogP contribution in [0.2, 0.25) is 0 Å². The number of para-hydroxylation sites is 1. The van der Waals surface area contributed by atoms with Gasteiger partial charge in [-0.05, 0) is 72.6 Å². The number of carbonyl (C=O) groups excluding carboxylic acids is 1. The molecule has 1 aliphatic heterocycles. The van der Waals surface area contributed by atoms with Crippen molar-refractivity contribution in [3.05, 3.63) is 106 Å². The monoisotopic (exact) mass is 491 g/mol. The molecule has 1 amide bonds. The number of carbonyl (C=O) groups is 1. The molecule has 2 aromatic carbocycles. The van der Waals surface area contributed by atoms with Crippen molar-refractivity contribution < 1.29 is 9.53 Å². The predicted molar refractivity (Wildman–Crippen MR) is 148 cm³/mol. The maximum absolute atomic E-state index is 12.3. The first kappa shape index (κ1) is 23.5. The van der Waals surface area contributed by atoms with Crippen molar-refractivity contribution in [3.8, 4) is 0 Å². The highest BCUT2D eigenvalue weighted by molar-refractivity contribution is 5.86. The summed E-state index contributed by atoms with van der Waals surface area (Å²) in [5.74, 6) is 0.286. The van der Waals surface area contributed by atoms with Gasteiger partial charge in [-0.15, -0.1) is 0 Å². The average molecular weight is 492 g/mol. The van der Waals surface area contributed by atoms with E-state index in [0.717, 1.165) is 31.4 Å². The number of piperidine rings is 1. The Bertz CT molecular complexity index is 1490. The van der Waals surface area contributed by atoms with Crippen LogP contribution in [0.3, 0.4) is 0 Å². The van der Waals surface area contributed by atoms with Crippen LogP contribution in [0.4, 0.5) is 4.79 Å². The summed E-state index contributed by atoms with van der Waals surface area (Å²) in [6, 6.07) is 19.8. The van der Waals surface area contributed by atoms with E-state index in [1.807, 2.05) is 24.1 Å². The molecule has 0 saturated carbocycles. The molecule has 5 nitrogen and oxygen atoms in total. The van der Waals surface area contributed by atoms with Crippen molar-refractivity contribution in [2.75, 3.05) is 19.7 Å². The first-order valence-electron chi connectivity index (χ1n) is 13.4. The molecule has 1 atom stereocenters. The molecule has 0 spiro atoms. The normalized spacial score (nSPS) is 16.2. The fourth-order valence-electron chi connectivity index (χ4n) is 6.01. The lowest BCUT2D eigenvalue weighted by Crippen LogP contribution is -2.37. The van der Waals surface area contributed by atoms with Gasteiger partial charge in [0.15, 0.2) is 0 Å². The Kier molecular flexibility index (Phi) is 6.29. The molecular formula is C32H33N3O2. The lowest BCUT2D eigenvalue weighted by Gasteiger charge is -2.29. The highest BCUT2D eigenvalue weighted by atomic mass is 16.6. The quantitative estimate of drug-likeness (QED) is 0.340. The Morgan fingerprint density at radius 2 is 1.84 bits per heavy atom. The largest absolute Gasteiger partial charge is 0.450 e. The van der Waals surface area contributed by atoms with E-state index in [1.54, 1.807) is 0 Å². The average Bonchev–Trinajstić information content (AvgIpc) is 3.30. The Morgan fingerprint density at radius 3 is 2.68 bits per heavy atom. The van der Waals surface area contributed by atoms with Crippen LogP contribution in [0.1, 0.15) is 66.1 Å². The molecule has 4 aromatic rings. The van der Waals surface area contributed by atoms with E-state index in [9.17, 15) is 4.79 Å². The highest BCUT2D eigenvalue weighted by Crippen LogP contribution is 2.39. The Morgan fingerprint density at radius 1 is 1.03 bits per heavy atom. The summed E-state index contributed by atoms with van der Waals surface area (Å²) in [4.78, 5) is 22.4. The van der Waals surface area contributed by atoms with E-state index in [-0.39, 0.29) is 12.0 Å². The molecule has 0 bridgehead atoms. The van der Waals surface area contributed by atoms with Gasteiger partial charge in [0.1, 0.15) is 0 Å². The molecule has 2 aromatic heterocycles. The highest BCUT2D eigenvalue weighted by Gasteiger charge is 2.27. The smallest absolute Gasteiger partial charge is 0.409 e. The summed E-state index contributed by atoms with van der Waals surface area (Å²) in [7, 11) is 0. The van der Waals surface area contributed by atoms with Crippen LogP contribution in [-0.4, -0.2) is 40.7 Å². The molecule has 3 heterocycles. The fraction of sp³-hybridized carbons (Fsp3) is 0.312. The molecule has 1 fully saturated rings. The number of likely N-dealkylation sites (tertiary alicyclic amines) is 1. The standard InChI is InChI=1S/C32H33N3O2/c1-3-37-32(36)35-17-14-22(15-18-35)30-26-13-12-24(19-25(26)11-10-23-7-6-16-33-31(23)30)21(2)28-20-34-29-9-5-4-8-27(28)29/h4-9,12-13,16,19-21,34H,3,10-11,14-15,17-18H2,1-2H3/t21-/m0/s1. The van der Waals surface area contributed by atoms with E-state index < -0.39 is 0 Å². The van der Waals surface area contributed by atoms with Crippen LogP contribution in [0.15, 0.2) is 72.6 Å². The SMILES string of the molecule is CCOC(=O)N1CCC(=C2c3ccc([C@H](C)c4c[nH]c5ccccc45)cc3CCc3cccnc32)CC1. The van der Waals surface area contributed by atoms with Crippen LogP contribution in [-0.2, 0) is 17.6 Å². The van der Waals surface area contributed by atoms with Crippen LogP contribution in [0.5, 0.6) is 0 Å². The predicted octanol–water partition coefficient (Wildman–Crippen LogP) is 6.87. The number of aromatic amines is 1. The van der Waals surface area contributed by atoms with E-state index >= 15 is 0 Å². The molecule has 0 radical (unpaired) electrons. The zero-order valence-corrected chi connectivity index (χ0v) is 21.6. The number of hydrogen-bond acceptors (Lipinski definition) is 3. The molecule has 1 N–H and O–H groups in total. The topological polar surface area (TPSA) is 58.2 Å². The summed E-state index contributed by atoms with van der Waals surface area (Å²) >= 11 is 0. The van der Waals surface area contributed by atoms with Crippen LogP contribution in [0.25, 0.3) is 16.5 Å². The number of nitrogens with one attached hydrogen (secondary N) is 1. The maximum atomic E-state index is 12.3. The van der Waals surface area contributed by atoms with E-state index in [0.29, 0.717) is 19.7 Å². The second-order valence-electron chi connectivity index (χ2n) is 10.1. The van der Waals surface area contributed by atoms with Crippen LogP contribution < -0.4 is 0 Å². The second kappa shape index (κ2) is 9.89. The summed E-state index contributed by atoms with van der Waals surface area (Å²) in [6.45, 7) is 5.94. The van der Waals surface area contributed by atoms with Crippen LogP contribution in [0, 0.1) is 0 Å². The summed E-state index contributed by atoms with van der Waals surface area (Å²) < 4.78 is 5.24. The lowest BCUT2D eigenvalue weighted by molar-refractivity contribution is 0.104. The lowest BCUT2D eigenvalue weighted by atomic mass is 9.85. The van der Waals surface area contributed by atoms with Gasteiger partial charge >= 0.3 is 6.09 Å². The molecule has 2 aliphatic rings. The van der Waals surface area contributed by atoms with Gasteiger partial charge in [0.25, 0.3) is 0 Å². The first-order chi connectivity index (χ1) is 18.1. The van der Waals surface area contributed by atoms with Crippen molar-refractivity contribution in [1.82, 2.24) is 14.9 Å². The minimum atomic E-state index is -0.206. The van der Waals surface area contributed by atoms with Crippen molar-refractivity contribution in [3.63, 3.8) is 0 Å².